The van der Waals surface area contributed by atoms with Gasteiger partial charge in [0.1, 0.15) is 5.82 Å². The van der Waals surface area contributed by atoms with E-state index in [0.717, 1.165) is 27.8 Å². The van der Waals surface area contributed by atoms with E-state index >= 15 is 0 Å². The van der Waals surface area contributed by atoms with E-state index in [1.54, 1.807) is 12.1 Å². The fraction of sp³-hybridized carbons (Fsp3) is 0.115. The first-order valence-electron chi connectivity index (χ1n) is 9.70. The van der Waals surface area contributed by atoms with Crippen molar-refractivity contribution in [1.29, 1.82) is 0 Å². The van der Waals surface area contributed by atoms with E-state index in [1.807, 2.05) is 72.8 Å². The van der Waals surface area contributed by atoms with Crippen LogP contribution in [0.15, 0.2) is 96.1 Å². The third-order valence-electron chi connectivity index (χ3n) is 4.97. The summed E-state index contributed by atoms with van der Waals surface area (Å²) in [6.07, 6.45) is 3.94. The summed E-state index contributed by atoms with van der Waals surface area (Å²) in [5.41, 5.74) is 4.59. The Morgan fingerprint density at radius 2 is 1.21 bits per heavy atom. The van der Waals surface area contributed by atoms with Gasteiger partial charge in [-0.15, -0.1) is 0 Å². The first kappa shape index (κ1) is 19.0. The number of hydrogen-bond acceptors (Lipinski definition) is 2. The zero-order chi connectivity index (χ0) is 20.1. The fourth-order valence-electron chi connectivity index (χ4n) is 3.57. The number of benzene rings is 3. The molecule has 0 saturated carbocycles. The normalized spacial score (nSPS) is 17.8. The molecule has 1 aliphatic rings. The van der Waals surface area contributed by atoms with Crippen LogP contribution >= 0.6 is 0 Å². The Morgan fingerprint density at radius 3 is 1.69 bits per heavy atom. The number of ketones is 1. The number of Topliss-reactive ketones (excluding diaryl/α,β-unsaturated/α-hetero) is 1. The van der Waals surface area contributed by atoms with E-state index in [4.69, 9.17) is 0 Å². The molecule has 0 unspecified atom stereocenters. The van der Waals surface area contributed by atoms with Gasteiger partial charge in [-0.1, -0.05) is 72.8 Å². The van der Waals surface area contributed by atoms with E-state index in [-0.39, 0.29) is 11.6 Å². The summed E-state index contributed by atoms with van der Waals surface area (Å²) in [4.78, 5) is 15.4. The summed E-state index contributed by atoms with van der Waals surface area (Å²) in [5, 5.41) is 0. The molecule has 2 nitrogen and oxygen atoms in total. The number of likely N-dealkylation sites (tertiary alicyclic amines) is 1. The highest BCUT2D eigenvalue weighted by Gasteiger charge is 2.26. The first-order valence-corrected chi connectivity index (χ1v) is 9.70. The van der Waals surface area contributed by atoms with Gasteiger partial charge in [-0.2, -0.15) is 0 Å². The van der Waals surface area contributed by atoms with Crippen molar-refractivity contribution in [2.24, 2.45) is 0 Å². The van der Waals surface area contributed by atoms with Gasteiger partial charge in [-0.25, -0.2) is 4.39 Å². The fourth-order valence-corrected chi connectivity index (χ4v) is 3.57. The van der Waals surface area contributed by atoms with Crippen molar-refractivity contribution in [3.63, 3.8) is 0 Å². The van der Waals surface area contributed by atoms with Crippen LogP contribution in [0.4, 0.5) is 4.39 Å². The topological polar surface area (TPSA) is 20.3 Å². The summed E-state index contributed by atoms with van der Waals surface area (Å²) in [6, 6.07) is 26.4. The zero-order valence-electron chi connectivity index (χ0n) is 16.1. The van der Waals surface area contributed by atoms with Gasteiger partial charge in [0.25, 0.3) is 0 Å². The summed E-state index contributed by atoms with van der Waals surface area (Å²) < 4.78 is 13.2. The molecule has 1 aliphatic heterocycles. The van der Waals surface area contributed by atoms with E-state index in [0.29, 0.717) is 19.6 Å². The van der Waals surface area contributed by atoms with Gasteiger partial charge in [0.05, 0.1) is 0 Å². The predicted octanol–water partition coefficient (Wildman–Crippen LogP) is 5.38. The lowest BCUT2D eigenvalue weighted by Gasteiger charge is -2.30. The second-order valence-corrected chi connectivity index (χ2v) is 7.26. The van der Waals surface area contributed by atoms with Gasteiger partial charge in [-0.05, 0) is 41.0 Å². The maximum absolute atomic E-state index is 13.2. The van der Waals surface area contributed by atoms with Crippen molar-refractivity contribution in [2.75, 3.05) is 13.1 Å². The quantitative estimate of drug-likeness (QED) is 0.564. The summed E-state index contributed by atoms with van der Waals surface area (Å²) in [7, 11) is 0. The van der Waals surface area contributed by atoms with Crippen LogP contribution < -0.4 is 0 Å². The lowest BCUT2D eigenvalue weighted by molar-refractivity contribution is -0.113. The van der Waals surface area contributed by atoms with Crippen LogP contribution in [0.5, 0.6) is 0 Å². The average Bonchev–Trinajstić information content (AvgIpc) is 2.74. The summed E-state index contributed by atoms with van der Waals surface area (Å²) >= 11 is 0. The van der Waals surface area contributed by atoms with E-state index in [1.165, 1.54) is 12.1 Å². The largest absolute Gasteiger partial charge is 0.290 e. The molecular formula is C26H22FNO. The molecule has 0 aromatic heterocycles. The number of piperidine rings is 1. The van der Waals surface area contributed by atoms with Gasteiger partial charge in [0.15, 0.2) is 5.78 Å². The minimum absolute atomic E-state index is 0.0908. The number of halogens is 1. The van der Waals surface area contributed by atoms with Crippen LogP contribution in [-0.2, 0) is 11.3 Å². The molecule has 29 heavy (non-hydrogen) atoms. The molecule has 0 spiro atoms. The van der Waals surface area contributed by atoms with Crippen molar-refractivity contribution in [3.05, 3.63) is 119 Å². The van der Waals surface area contributed by atoms with Crippen LogP contribution in [-0.4, -0.2) is 23.8 Å². The number of carbonyl (C=O) groups excluding carboxylic acids is 1. The van der Waals surface area contributed by atoms with Crippen LogP contribution in [0.2, 0.25) is 0 Å². The minimum Gasteiger partial charge on any atom is -0.290 e. The monoisotopic (exact) mass is 383 g/mol. The molecule has 1 heterocycles. The zero-order valence-corrected chi connectivity index (χ0v) is 16.1. The third kappa shape index (κ3) is 4.95. The van der Waals surface area contributed by atoms with Crippen LogP contribution in [0.25, 0.3) is 12.2 Å². The average molecular weight is 383 g/mol. The molecule has 1 saturated heterocycles. The van der Waals surface area contributed by atoms with Gasteiger partial charge >= 0.3 is 0 Å². The highest BCUT2D eigenvalue weighted by molar-refractivity contribution is 6.14. The molecule has 3 aromatic carbocycles. The van der Waals surface area contributed by atoms with Crippen molar-refractivity contribution < 1.29 is 9.18 Å². The third-order valence-corrected chi connectivity index (χ3v) is 4.97. The minimum atomic E-state index is -0.239. The highest BCUT2D eigenvalue weighted by atomic mass is 19.1. The molecule has 4 rings (SSSR count). The summed E-state index contributed by atoms with van der Waals surface area (Å²) in [5.74, 6) is -0.148. The van der Waals surface area contributed by atoms with Crippen molar-refractivity contribution >= 4 is 17.9 Å². The van der Waals surface area contributed by atoms with Gasteiger partial charge < -0.3 is 0 Å². The standard InChI is InChI=1S/C26H22FNO/c27-25-13-11-22(12-14-25)17-28-18-23(15-20-7-3-1-4-8-20)26(29)24(19-28)16-21-9-5-2-6-10-21/h1-16H,17-19H2/b23-15+,24-16+. The van der Waals surface area contributed by atoms with E-state index in [2.05, 4.69) is 4.90 Å². The molecule has 0 atom stereocenters. The molecule has 1 fully saturated rings. The van der Waals surface area contributed by atoms with Gasteiger partial charge in [0, 0.05) is 30.8 Å². The second-order valence-electron chi connectivity index (χ2n) is 7.26. The highest BCUT2D eigenvalue weighted by Crippen LogP contribution is 2.23. The Morgan fingerprint density at radius 1 is 0.724 bits per heavy atom. The molecule has 0 amide bonds. The van der Waals surface area contributed by atoms with Crippen LogP contribution in [0, 0.1) is 5.82 Å². The van der Waals surface area contributed by atoms with Crippen LogP contribution in [0.3, 0.4) is 0 Å². The Kier molecular flexibility index (Phi) is 5.78. The maximum atomic E-state index is 13.2. The van der Waals surface area contributed by atoms with Crippen LogP contribution in [0.1, 0.15) is 16.7 Å². The molecular weight excluding hydrogens is 361 g/mol. The molecule has 3 heteroatoms. The molecule has 0 aliphatic carbocycles. The summed E-state index contributed by atoms with van der Waals surface area (Å²) in [6.45, 7) is 1.79. The Hall–Kier alpha value is -3.30. The predicted molar refractivity (Wildman–Crippen MR) is 116 cm³/mol. The number of hydrogen-bond donors (Lipinski definition) is 0. The lowest BCUT2D eigenvalue weighted by Crippen LogP contribution is -2.37. The number of rotatable bonds is 4. The maximum Gasteiger partial charge on any atom is 0.187 e. The van der Waals surface area contributed by atoms with Gasteiger partial charge in [0.2, 0.25) is 0 Å². The smallest absolute Gasteiger partial charge is 0.187 e. The van der Waals surface area contributed by atoms with E-state index in [9.17, 15) is 9.18 Å². The number of nitrogens with zero attached hydrogens (tertiary/aromatic N) is 1. The first-order chi connectivity index (χ1) is 14.2. The van der Waals surface area contributed by atoms with Gasteiger partial charge in [-0.3, -0.25) is 9.69 Å². The van der Waals surface area contributed by atoms with Crippen molar-refractivity contribution in [2.45, 2.75) is 6.54 Å². The Labute approximate surface area is 170 Å². The SMILES string of the molecule is O=C1/C(=C/c2ccccc2)CN(Cc2ccc(F)cc2)C/C1=C\c1ccccc1. The Bertz CT molecular complexity index is 976. The van der Waals surface area contributed by atoms with Crippen molar-refractivity contribution in [3.8, 4) is 0 Å². The second kappa shape index (κ2) is 8.80. The molecule has 0 radical (unpaired) electrons. The Balaban J connectivity index is 1.65. The molecule has 0 N–H and O–H groups in total. The van der Waals surface area contributed by atoms with Crippen molar-refractivity contribution in [1.82, 2.24) is 4.90 Å². The lowest BCUT2D eigenvalue weighted by atomic mass is 9.94. The molecule has 0 bridgehead atoms. The van der Waals surface area contributed by atoms with E-state index < -0.39 is 0 Å². The number of carbonyl (C=O) groups is 1. The molecule has 144 valence electrons. The molecule has 3 aromatic rings.